The third-order valence-electron chi connectivity index (χ3n) is 4.28. The van der Waals surface area contributed by atoms with Gasteiger partial charge in [-0.1, -0.05) is 13.3 Å². The van der Waals surface area contributed by atoms with Gasteiger partial charge in [-0.3, -0.25) is 9.59 Å². The van der Waals surface area contributed by atoms with Crippen LogP contribution in [-0.2, 0) is 4.79 Å². The van der Waals surface area contributed by atoms with Gasteiger partial charge in [-0.25, -0.2) is 0 Å². The molecule has 1 aromatic heterocycles. The molecule has 2 rings (SSSR count). The largest absolute Gasteiger partial charge is 0.481 e. The third kappa shape index (κ3) is 2.57. The number of rotatable bonds is 4. The Hall–Kier alpha value is -1.78. The maximum absolute atomic E-state index is 12.3. The number of hydrogen-bond acceptors (Lipinski definition) is 3. The average molecular weight is 279 g/mol. The number of nitrogens with zero attached hydrogens (tertiary/aromatic N) is 1. The summed E-state index contributed by atoms with van der Waals surface area (Å²) < 4.78 is 5.15. The van der Waals surface area contributed by atoms with Crippen LogP contribution in [0.3, 0.4) is 0 Å². The van der Waals surface area contributed by atoms with E-state index < -0.39 is 11.4 Å². The topological polar surface area (TPSA) is 70.8 Å². The zero-order valence-corrected chi connectivity index (χ0v) is 12.0. The van der Waals surface area contributed by atoms with Crippen LogP contribution >= 0.6 is 0 Å². The van der Waals surface area contributed by atoms with Gasteiger partial charge in [0.25, 0.3) is 5.91 Å². The highest BCUT2D eigenvalue weighted by Gasteiger charge is 2.41. The molecule has 0 radical (unpaired) electrons. The molecule has 0 unspecified atom stereocenters. The zero-order chi connectivity index (χ0) is 14.8. The van der Waals surface area contributed by atoms with E-state index in [4.69, 9.17) is 4.42 Å². The highest BCUT2D eigenvalue weighted by atomic mass is 16.4. The molecular formula is C15H21NO4. The molecule has 0 aliphatic carbocycles. The van der Waals surface area contributed by atoms with Crippen molar-refractivity contribution < 1.29 is 19.1 Å². The molecule has 1 aliphatic heterocycles. The van der Waals surface area contributed by atoms with E-state index in [1.807, 2.05) is 6.92 Å². The van der Waals surface area contributed by atoms with Crippen LogP contribution in [0.4, 0.5) is 0 Å². The van der Waals surface area contributed by atoms with E-state index in [1.54, 1.807) is 17.9 Å². The summed E-state index contributed by atoms with van der Waals surface area (Å²) in [7, 11) is 0. The minimum Gasteiger partial charge on any atom is -0.481 e. The van der Waals surface area contributed by atoms with Crippen molar-refractivity contribution in [1.29, 1.82) is 0 Å². The van der Waals surface area contributed by atoms with Crippen LogP contribution in [0.15, 0.2) is 16.7 Å². The van der Waals surface area contributed by atoms with Crippen molar-refractivity contribution >= 4 is 11.9 Å². The van der Waals surface area contributed by atoms with Gasteiger partial charge in [-0.05, 0) is 32.3 Å². The number of carbonyl (C=O) groups is 2. The fourth-order valence-electron chi connectivity index (χ4n) is 2.96. The smallest absolute Gasteiger partial charge is 0.309 e. The van der Waals surface area contributed by atoms with Gasteiger partial charge < -0.3 is 14.4 Å². The average Bonchev–Trinajstić information content (AvgIpc) is 2.85. The maximum atomic E-state index is 12.3. The van der Waals surface area contributed by atoms with E-state index in [2.05, 4.69) is 0 Å². The molecule has 0 bridgehead atoms. The van der Waals surface area contributed by atoms with Crippen molar-refractivity contribution in [2.45, 2.75) is 39.5 Å². The molecule has 0 atom stereocenters. The molecule has 1 N–H and O–H groups in total. The first-order valence-electron chi connectivity index (χ1n) is 7.07. The monoisotopic (exact) mass is 279 g/mol. The van der Waals surface area contributed by atoms with E-state index in [1.165, 1.54) is 6.26 Å². The first-order chi connectivity index (χ1) is 9.50. The van der Waals surface area contributed by atoms with E-state index in [-0.39, 0.29) is 5.91 Å². The second-order valence-electron chi connectivity index (χ2n) is 5.52. The number of aliphatic carboxylic acids is 1. The van der Waals surface area contributed by atoms with E-state index in [9.17, 15) is 14.7 Å². The number of amides is 1. The summed E-state index contributed by atoms with van der Waals surface area (Å²) in [5.41, 5.74) is -0.0833. The van der Waals surface area contributed by atoms with Gasteiger partial charge in [0.1, 0.15) is 5.76 Å². The Morgan fingerprint density at radius 2 is 2.05 bits per heavy atom. The fourth-order valence-corrected chi connectivity index (χ4v) is 2.96. The van der Waals surface area contributed by atoms with E-state index >= 15 is 0 Å². The van der Waals surface area contributed by atoms with Crippen LogP contribution in [0, 0.1) is 12.3 Å². The Kier molecular flexibility index (Phi) is 4.16. The molecule has 1 fully saturated rings. The quantitative estimate of drug-likeness (QED) is 0.919. The van der Waals surface area contributed by atoms with Crippen molar-refractivity contribution in [3.05, 3.63) is 23.7 Å². The normalized spacial score (nSPS) is 18.0. The number of likely N-dealkylation sites (tertiary alicyclic amines) is 1. The van der Waals surface area contributed by atoms with Crippen LogP contribution in [-0.4, -0.2) is 35.0 Å². The molecule has 1 saturated heterocycles. The van der Waals surface area contributed by atoms with Crippen LogP contribution in [0.1, 0.15) is 48.7 Å². The second-order valence-corrected chi connectivity index (χ2v) is 5.52. The van der Waals surface area contributed by atoms with Crippen LogP contribution < -0.4 is 0 Å². The lowest BCUT2D eigenvalue weighted by Gasteiger charge is -2.38. The summed E-state index contributed by atoms with van der Waals surface area (Å²) in [5.74, 6) is -0.184. The SMILES string of the molecule is CCCC1(C(=O)O)CCN(C(=O)c2ccoc2C)CC1. The first-order valence-corrected chi connectivity index (χ1v) is 7.07. The number of piperidine rings is 1. The van der Waals surface area contributed by atoms with E-state index in [0.717, 1.165) is 6.42 Å². The standard InChI is InChI=1S/C15H21NO4/c1-3-5-15(14(18)19)6-8-16(9-7-15)13(17)12-4-10-20-11(12)2/h4,10H,3,5-9H2,1-2H3,(H,18,19). The van der Waals surface area contributed by atoms with Crippen molar-refractivity contribution in [3.8, 4) is 0 Å². The first kappa shape index (κ1) is 14.6. The van der Waals surface area contributed by atoms with Gasteiger partial charge in [-0.15, -0.1) is 0 Å². The molecule has 0 spiro atoms. The predicted molar refractivity (Wildman–Crippen MR) is 73.6 cm³/mol. The summed E-state index contributed by atoms with van der Waals surface area (Å²) in [4.78, 5) is 25.6. The lowest BCUT2D eigenvalue weighted by Crippen LogP contribution is -2.46. The molecule has 110 valence electrons. The maximum Gasteiger partial charge on any atom is 0.309 e. The van der Waals surface area contributed by atoms with Crippen LogP contribution in [0.2, 0.25) is 0 Å². The fraction of sp³-hybridized carbons (Fsp3) is 0.600. The third-order valence-corrected chi connectivity index (χ3v) is 4.28. The summed E-state index contributed by atoms with van der Waals surface area (Å²) in [6.07, 6.45) is 4.08. The highest BCUT2D eigenvalue weighted by molar-refractivity contribution is 5.95. The second kappa shape index (κ2) is 5.69. The van der Waals surface area contributed by atoms with Gasteiger partial charge in [0, 0.05) is 13.1 Å². The Morgan fingerprint density at radius 3 is 2.50 bits per heavy atom. The van der Waals surface area contributed by atoms with Crippen molar-refractivity contribution in [2.75, 3.05) is 13.1 Å². The molecule has 5 nitrogen and oxygen atoms in total. The van der Waals surface area contributed by atoms with Gasteiger partial charge in [-0.2, -0.15) is 0 Å². The Balaban J connectivity index is 2.05. The van der Waals surface area contributed by atoms with Gasteiger partial charge in [0.05, 0.1) is 17.2 Å². The Morgan fingerprint density at radius 1 is 1.40 bits per heavy atom. The summed E-state index contributed by atoms with van der Waals surface area (Å²) >= 11 is 0. The summed E-state index contributed by atoms with van der Waals surface area (Å²) in [6.45, 7) is 4.75. The van der Waals surface area contributed by atoms with E-state index in [0.29, 0.717) is 43.7 Å². The van der Waals surface area contributed by atoms with Gasteiger partial charge in [0.2, 0.25) is 0 Å². The van der Waals surface area contributed by atoms with Crippen molar-refractivity contribution in [2.24, 2.45) is 5.41 Å². The minimum atomic E-state index is -0.731. The van der Waals surface area contributed by atoms with Gasteiger partial charge >= 0.3 is 5.97 Å². The highest BCUT2D eigenvalue weighted by Crippen LogP contribution is 2.37. The number of aryl methyl sites for hydroxylation is 1. The molecule has 5 heteroatoms. The van der Waals surface area contributed by atoms with Crippen LogP contribution in [0.5, 0.6) is 0 Å². The number of hydrogen-bond donors (Lipinski definition) is 1. The molecule has 20 heavy (non-hydrogen) atoms. The lowest BCUT2D eigenvalue weighted by atomic mass is 9.75. The van der Waals surface area contributed by atoms with Crippen molar-refractivity contribution in [3.63, 3.8) is 0 Å². The lowest BCUT2D eigenvalue weighted by molar-refractivity contribution is -0.152. The molecule has 1 aromatic rings. The Bertz CT molecular complexity index is 498. The molecular weight excluding hydrogens is 258 g/mol. The number of furan rings is 1. The van der Waals surface area contributed by atoms with Crippen molar-refractivity contribution in [1.82, 2.24) is 4.90 Å². The minimum absolute atomic E-state index is 0.0632. The molecule has 0 aromatic carbocycles. The molecule has 1 aliphatic rings. The molecule has 2 heterocycles. The van der Waals surface area contributed by atoms with Gasteiger partial charge in [0.15, 0.2) is 0 Å². The number of carbonyl (C=O) groups excluding carboxylic acids is 1. The predicted octanol–water partition coefficient (Wildman–Crippen LogP) is 2.70. The number of carboxylic acid groups (broad SMARTS) is 1. The Labute approximate surface area is 118 Å². The summed E-state index contributed by atoms with van der Waals surface area (Å²) in [6, 6.07) is 1.67. The summed E-state index contributed by atoms with van der Waals surface area (Å²) in [5, 5.41) is 9.45. The molecule has 1 amide bonds. The zero-order valence-electron chi connectivity index (χ0n) is 12.0. The molecule has 0 saturated carbocycles. The number of carboxylic acids is 1. The van der Waals surface area contributed by atoms with Crippen LogP contribution in [0.25, 0.3) is 0 Å².